The number of carbonyl (C=O) groups is 2. The zero-order chi connectivity index (χ0) is 39.0. The van der Waals surface area contributed by atoms with Crippen LogP contribution in [0.5, 0.6) is 11.5 Å². The first-order valence-electron chi connectivity index (χ1n) is 19.7. The van der Waals surface area contributed by atoms with Crippen LogP contribution in [0.3, 0.4) is 0 Å². The third-order valence-electron chi connectivity index (χ3n) is 11.3. The number of likely N-dealkylation sites (N-methyl/N-ethyl adjacent to an activating group) is 1. The Balaban J connectivity index is 1.56. The van der Waals surface area contributed by atoms with Crippen molar-refractivity contribution in [1.29, 1.82) is 0 Å². The molecule has 1 fully saturated rings. The van der Waals surface area contributed by atoms with Gasteiger partial charge in [-0.25, -0.2) is 4.79 Å². The largest absolute Gasteiger partial charge is 0.459 e. The predicted octanol–water partition coefficient (Wildman–Crippen LogP) is 7.37. The number of carbonyl (C=O) groups excluding carboxylic acids is 2. The molecule has 0 aromatic heterocycles. The molecule has 3 aliphatic rings. The Labute approximate surface area is 324 Å². The lowest BCUT2D eigenvalue weighted by Gasteiger charge is -2.59. The molecule has 1 aliphatic heterocycles. The SMILES string of the molecule is C=CCOC12Oc3ccc(OC(=O)NCC)cc3C3C(CCCCO)C(CCCCO)C=C(C(=NOCC)CC1N(C)C(=O)c1ccc4ccccc4c1)C32. The minimum atomic E-state index is -1.38. The molecule has 0 radical (unpaired) electrons. The van der Waals surface area contributed by atoms with Crippen LogP contribution in [-0.2, 0) is 9.57 Å². The normalized spacial score (nSPS) is 24.6. The van der Waals surface area contributed by atoms with Crippen LogP contribution in [0.4, 0.5) is 4.79 Å². The fraction of sp³-hybridized carbons (Fsp3) is 0.477. The predicted molar refractivity (Wildman–Crippen MR) is 212 cm³/mol. The van der Waals surface area contributed by atoms with Gasteiger partial charge in [-0.05, 0) is 98.0 Å². The number of aliphatic hydroxyl groups excluding tert-OH is 2. The standard InChI is InChI=1S/C44H55N3O8/c1-5-24-52-44-39(47(4)42(50)32-19-18-29-14-8-9-15-30(29)25-32)28-37(46-53-7-3)35-26-31(16-10-12-22-48)34(17-11-13-23-49)40(41(35)44)36-27-33(20-21-38(36)55-44)54-43(51)45-6-2/h5,8-9,14-15,18-21,25-27,31,34,39-41,48-49H,1,6-7,10-13,16-17,22-24,28H2,2-4H3,(H,45,51). The lowest BCUT2D eigenvalue weighted by Crippen LogP contribution is -2.69. The van der Waals surface area contributed by atoms with Crippen molar-refractivity contribution in [1.82, 2.24) is 10.2 Å². The Kier molecular flexibility index (Phi) is 13.3. The number of amides is 2. The average Bonchev–Trinajstić information content (AvgIpc) is 3.20. The zero-order valence-corrected chi connectivity index (χ0v) is 32.2. The molecule has 2 amide bonds. The van der Waals surface area contributed by atoms with Gasteiger partial charge in [0.05, 0.1) is 18.2 Å². The Bertz CT molecular complexity index is 1890. The maximum Gasteiger partial charge on any atom is 0.412 e. The van der Waals surface area contributed by atoms with Gasteiger partial charge in [-0.2, -0.15) is 0 Å². The average molecular weight is 754 g/mol. The van der Waals surface area contributed by atoms with Crippen molar-refractivity contribution < 1.29 is 38.9 Å². The topological polar surface area (TPSA) is 139 Å². The fourth-order valence-corrected chi connectivity index (χ4v) is 8.89. The van der Waals surface area contributed by atoms with E-state index in [1.807, 2.05) is 68.4 Å². The van der Waals surface area contributed by atoms with Crippen molar-refractivity contribution in [3.05, 3.63) is 96.1 Å². The van der Waals surface area contributed by atoms with Crippen LogP contribution >= 0.6 is 0 Å². The van der Waals surface area contributed by atoms with Gasteiger partial charge in [0.1, 0.15) is 24.1 Å². The number of allylic oxidation sites excluding steroid dienone is 1. The summed E-state index contributed by atoms with van der Waals surface area (Å²) in [6.45, 7) is 8.85. The molecule has 6 atom stereocenters. The first-order valence-corrected chi connectivity index (χ1v) is 19.7. The Morgan fingerprint density at radius 1 is 1.02 bits per heavy atom. The molecule has 11 heteroatoms. The summed E-state index contributed by atoms with van der Waals surface area (Å²) in [5.74, 6) is -1.17. The van der Waals surface area contributed by atoms with Crippen molar-refractivity contribution >= 4 is 28.5 Å². The van der Waals surface area contributed by atoms with Crippen molar-refractivity contribution in [3.8, 4) is 11.5 Å². The van der Waals surface area contributed by atoms with E-state index in [4.69, 9.17) is 24.2 Å². The van der Waals surface area contributed by atoms with E-state index in [2.05, 4.69) is 18.0 Å². The van der Waals surface area contributed by atoms with Gasteiger partial charge >= 0.3 is 6.09 Å². The molecular weight excluding hydrogens is 698 g/mol. The maximum absolute atomic E-state index is 14.6. The number of nitrogens with zero attached hydrogens (tertiary/aromatic N) is 2. The second kappa shape index (κ2) is 18.3. The molecule has 3 aromatic rings. The molecule has 11 nitrogen and oxygen atoms in total. The quantitative estimate of drug-likeness (QED) is 0.0738. The molecule has 1 saturated carbocycles. The summed E-state index contributed by atoms with van der Waals surface area (Å²) in [7, 11) is 1.80. The van der Waals surface area contributed by atoms with E-state index in [-0.39, 0.29) is 43.5 Å². The van der Waals surface area contributed by atoms with Gasteiger partial charge in [-0.1, -0.05) is 60.5 Å². The molecule has 3 N–H and O–H groups in total. The summed E-state index contributed by atoms with van der Waals surface area (Å²) in [5.41, 5.74) is 3.08. The number of ether oxygens (including phenoxy) is 3. The summed E-state index contributed by atoms with van der Waals surface area (Å²) < 4.78 is 19.9. The first kappa shape index (κ1) is 40.0. The highest BCUT2D eigenvalue weighted by molar-refractivity contribution is 6.04. The van der Waals surface area contributed by atoms with Gasteiger partial charge in [-0.15, -0.1) is 6.58 Å². The summed E-state index contributed by atoms with van der Waals surface area (Å²) in [6.07, 6.45) is 8.31. The second-order valence-corrected chi connectivity index (χ2v) is 14.6. The van der Waals surface area contributed by atoms with Crippen molar-refractivity contribution in [2.75, 3.05) is 40.0 Å². The third kappa shape index (κ3) is 8.29. The molecule has 1 heterocycles. The Morgan fingerprint density at radius 2 is 1.78 bits per heavy atom. The van der Waals surface area contributed by atoms with E-state index in [9.17, 15) is 19.8 Å². The molecular formula is C44H55N3O8. The van der Waals surface area contributed by atoms with E-state index in [0.29, 0.717) is 49.5 Å². The maximum atomic E-state index is 14.6. The zero-order valence-electron chi connectivity index (χ0n) is 32.2. The van der Waals surface area contributed by atoms with Crippen LogP contribution in [0.1, 0.15) is 80.6 Å². The van der Waals surface area contributed by atoms with Gasteiger partial charge in [0, 0.05) is 50.3 Å². The number of hydrogen-bond donors (Lipinski definition) is 3. The first-order chi connectivity index (χ1) is 26.8. The van der Waals surface area contributed by atoms with Crippen LogP contribution in [0.2, 0.25) is 0 Å². The lowest BCUT2D eigenvalue weighted by atomic mass is 9.55. The number of hydrogen-bond acceptors (Lipinski definition) is 9. The van der Waals surface area contributed by atoms with Crippen molar-refractivity contribution in [3.63, 3.8) is 0 Å². The highest BCUT2D eigenvalue weighted by atomic mass is 16.7. The molecule has 55 heavy (non-hydrogen) atoms. The smallest absolute Gasteiger partial charge is 0.412 e. The molecule has 0 spiro atoms. The highest BCUT2D eigenvalue weighted by Crippen LogP contribution is 2.61. The summed E-state index contributed by atoms with van der Waals surface area (Å²) in [5, 5.41) is 29.1. The van der Waals surface area contributed by atoms with Crippen LogP contribution in [-0.4, -0.2) is 84.7 Å². The van der Waals surface area contributed by atoms with Crippen LogP contribution in [0.15, 0.2) is 90.1 Å². The molecule has 294 valence electrons. The highest BCUT2D eigenvalue weighted by Gasteiger charge is 2.65. The molecule has 3 aromatic carbocycles. The molecule has 0 saturated heterocycles. The third-order valence-corrected chi connectivity index (χ3v) is 11.3. The van der Waals surface area contributed by atoms with Gasteiger partial charge < -0.3 is 39.5 Å². The number of unbranched alkanes of at least 4 members (excludes halogenated alkanes) is 2. The van der Waals surface area contributed by atoms with Gasteiger partial charge in [-0.3, -0.25) is 4.79 Å². The van der Waals surface area contributed by atoms with E-state index in [0.717, 1.165) is 53.3 Å². The van der Waals surface area contributed by atoms with Crippen LogP contribution in [0.25, 0.3) is 10.8 Å². The van der Waals surface area contributed by atoms with Crippen LogP contribution in [0, 0.1) is 17.8 Å². The van der Waals surface area contributed by atoms with Crippen molar-refractivity contribution in [2.45, 2.75) is 76.5 Å². The van der Waals surface area contributed by atoms with E-state index in [1.165, 1.54) is 0 Å². The molecule has 6 unspecified atom stereocenters. The number of nitrogens with one attached hydrogen (secondary N) is 1. The number of fused-ring (bicyclic) bond motifs is 3. The van der Waals surface area contributed by atoms with Crippen molar-refractivity contribution in [2.24, 2.45) is 22.9 Å². The lowest BCUT2D eigenvalue weighted by molar-refractivity contribution is -0.252. The van der Waals surface area contributed by atoms with Gasteiger partial charge in [0.25, 0.3) is 5.91 Å². The van der Waals surface area contributed by atoms with E-state index in [1.54, 1.807) is 24.1 Å². The van der Waals surface area contributed by atoms with E-state index < -0.39 is 23.8 Å². The minimum absolute atomic E-state index is 0.0432. The Hall–Kier alpha value is -4.71. The van der Waals surface area contributed by atoms with E-state index >= 15 is 0 Å². The summed E-state index contributed by atoms with van der Waals surface area (Å²) in [4.78, 5) is 34.8. The number of benzene rings is 3. The number of aliphatic hydroxyl groups is 2. The van der Waals surface area contributed by atoms with Crippen LogP contribution < -0.4 is 14.8 Å². The Morgan fingerprint density at radius 3 is 2.51 bits per heavy atom. The molecule has 6 rings (SSSR count). The fourth-order valence-electron chi connectivity index (χ4n) is 8.89. The molecule has 2 aliphatic carbocycles. The number of oxime groups is 1. The summed E-state index contributed by atoms with van der Waals surface area (Å²) >= 11 is 0. The monoisotopic (exact) mass is 753 g/mol. The second-order valence-electron chi connectivity index (χ2n) is 14.6. The number of rotatable bonds is 17. The van der Waals surface area contributed by atoms with Gasteiger partial charge in [0.15, 0.2) is 0 Å². The van der Waals surface area contributed by atoms with Gasteiger partial charge in [0.2, 0.25) is 5.79 Å². The molecule has 0 bridgehead atoms. The summed E-state index contributed by atoms with van der Waals surface area (Å²) in [6, 6.07) is 18.5. The minimum Gasteiger partial charge on any atom is -0.459 e.